The molecule has 0 aromatic rings. The summed E-state index contributed by atoms with van der Waals surface area (Å²) in [7, 11) is 0. The van der Waals surface area contributed by atoms with Crippen molar-refractivity contribution in [3.63, 3.8) is 0 Å². The lowest BCUT2D eigenvalue weighted by atomic mass is 9.93. The molecule has 2 rings (SSSR count). The minimum atomic E-state index is -0.510. The molecule has 0 saturated carbocycles. The standard InChI is InChI=1S/C13H21N3O3/c1-3-10-12(18)15-11(17)7-16(10)13(19)9-5-4-8(2)14-6-9/h8-10,14H,3-7H2,1-2H3,(H,15,17,18). The summed E-state index contributed by atoms with van der Waals surface area (Å²) in [6, 6.07) is -0.0816. The summed E-state index contributed by atoms with van der Waals surface area (Å²) in [6.45, 7) is 4.56. The molecule has 3 atom stereocenters. The molecular weight excluding hydrogens is 246 g/mol. The van der Waals surface area contributed by atoms with Crippen LogP contribution in [0.1, 0.15) is 33.1 Å². The molecule has 0 spiro atoms. The minimum absolute atomic E-state index is 0.00483. The fourth-order valence-corrected chi connectivity index (χ4v) is 2.75. The third kappa shape index (κ3) is 2.94. The molecule has 6 nitrogen and oxygen atoms in total. The molecule has 0 radical (unpaired) electrons. The van der Waals surface area contributed by atoms with Crippen molar-refractivity contribution in [2.45, 2.75) is 45.2 Å². The van der Waals surface area contributed by atoms with Crippen molar-refractivity contribution in [3.8, 4) is 0 Å². The Hall–Kier alpha value is -1.43. The first-order valence-corrected chi connectivity index (χ1v) is 6.90. The number of piperidine rings is 1. The Morgan fingerprint density at radius 2 is 2.11 bits per heavy atom. The largest absolute Gasteiger partial charge is 0.321 e. The van der Waals surface area contributed by atoms with Crippen LogP contribution in [-0.2, 0) is 14.4 Å². The molecule has 2 saturated heterocycles. The Kier molecular flexibility index (Phi) is 4.19. The van der Waals surface area contributed by atoms with Gasteiger partial charge in [-0.15, -0.1) is 0 Å². The van der Waals surface area contributed by atoms with E-state index in [2.05, 4.69) is 17.6 Å². The summed E-state index contributed by atoms with van der Waals surface area (Å²) >= 11 is 0. The van der Waals surface area contributed by atoms with Gasteiger partial charge in [-0.1, -0.05) is 6.92 Å². The number of imide groups is 1. The van der Waals surface area contributed by atoms with Crippen molar-refractivity contribution in [1.82, 2.24) is 15.5 Å². The molecule has 0 aromatic carbocycles. The molecule has 19 heavy (non-hydrogen) atoms. The van der Waals surface area contributed by atoms with Crippen molar-refractivity contribution in [3.05, 3.63) is 0 Å². The number of hydrogen-bond donors (Lipinski definition) is 2. The third-order valence-electron chi connectivity index (χ3n) is 3.94. The number of hydrogen-bond acceptors (Lipinski definition) is 4. The summed E-state index contributed by atoms with van der Waals surface area (Å²) in [5, 5.41) is 5.56. The van der Waals surface area contributed by atoms with E-state index in [1.54, 1.807) is 0 Å². The maximum absolute atomic E-state index is 12.5. The predicted octanol–water partition coefficient (Wildman–Crippen LogP) is -0.362. The lowest BCUT2D eigenvalue weighted by molar-refractivity contribution is -0.152. The van der Waals surface area contributed by atoms with Gasteiger partial charge in [0.2, 0.25) is 17.7 Å². The molecular formula is C13H21N3O3. The topological polar surface area (TPSA) is 78.5 Å². The van der Waals surface area contributed by atoms with Gasteiger partial charge >= 0.3 is 0 Å². The van der Waals surface area contributed by atoms with Crippen LogP contribution in [0.5, 0.6) is 0 Å². The van der Waals surface area contributed by atoms with Gasteiger partial charge in [0, 0.05) is 12.6 Å². The number of nitrogens with zero attached hydrogens (tertiary/aromatic N) is 1. The molecule has 0 bridgehead atoms. The summed E-state index contributed by atoms with van der Waals surface area (Å²) in [5.74, 6) is -0.942. The minimum Gasteiger partial charge on any atom is -0.321 e. The number of nitrogens with one attached hydrogen (secondary N) is 2. The highest BCUT2D eigenvalue weighted by molar-refractivity contribution is 6.04. The van der Waals surface area contributed by atoms with Crippen LogP contribution >= 0.6 is 0 Å². The van der Waals surface area contributed by atoms with Gasteiger partial charge in [0.25, 0.3) is 0 Å². The summed E-state index contributed by atoms with van der Waals surface area (Å²) in [4.78, 5) is 37.1. The first-order chi connectivity index (χ1) is 9.02. The molecule has 3 unspecified atom stereocenters. The van der Waals surface area contributed by atoms with Crippen LogP contribution in [0, 0.1) is 5.92 Å². The van der Waals surface area contributed by atoms with Crippen LogP contribution in [-0.4, -0.2) is 47.8 Å². The molecule has 3 amide bonds. The smallest absolute Gasteiger partial charge is 0.249 e. The zero-order valence-electron chi connectivity index (χ0n) is 11.4. The van der Waals surface area contributed by atoms with E-state index in [0.717, 1.165) is 12.8 Å². The molecule has 2 aliphatic heterocycles. The van der Waals surface area contributed by atoms with Gasteiger partial charge in [-0.2, -0.15) is 0 Å². The van der Waals surface area contributed by atoms with Crippen LogP contribution < -0.4 is 10.6 Å². The monoisotopic (exact) mass is 267 g/mol. The fraction of sp³-hybridized carbons (Fsp3) is 0.769. The number of carbonyl (C=O) groups excluding carboxylic acids is 3. The molecule has 106 valence electrons. The first-order valence-electron chi connectivity index (χ1n) is 6.90. The Morgan fingerprint density at radius 3 is 2.68 bits per heavy atom. The second-order valence-corrected chi connectivity index (χ2v) is 5.39. The van der Waals surface area contributed by atoms with Crippen LogP contribution in [0.25, 0.3) is 0 Å². The maximum Gasteiger partial charge on any atom is 0.249 e. The number of amides is 3. The van der Waals surface area contributed by atoms with E-state index in [1.807, 2.05) is 6.92 Å². The van der Waals surface area contributed by atoms with E-state index in [9.17, 15) is 14.4 Å². The van der Waals surface area contributed by atoms with E-state index < -0.39 is 6.04 Å². The molecule has 0 aromatic heterocycles. The first kappa shape index (κ1) is 14.0. The number of piperazine rings is 1. The number of carbonyl (C=O) groups is 3. The van der Waals surface area contributed by atoms with Gasteiger partial charge in [-0.3, -0.25) is 19.7 Å². The molecule has 0 aliphatic carbocycles. The predicted molar refractivity (Wildman–Crippen MR) is 69.1 cm³/mol. The van der Waals surface area contributed by atoms with Crippen molar-refractivity contribution < 1.29 is 14.4 Å². The second-order valence-electron chi connectivity index (χ2n) is 5.39. The van der Waals surface area contributed by atoms with E-state index in [-0.39, 0.29) is 30.2 Å². The second kappa shape index (κ2) is 5.69. The van der Waals surface area contributed by atoms with Crippen molar-refractivity contribution >= 4 is 17.7 Å². The Labute approximate surface area is 112 Å². The highest BCUT2D eigenvalue weighted by atomic mass is 16.2. The van der Waals surface area contributed by atoms with Gasteiger partial charge < -0.3 is 10.2 Å². The van der Waals surface area contributed by atoms with Gasteiger partial charge in [-0.05, 0) is 26.2 Å². The average molecular weight is 267 g/mol. The van der Waals surface area contributed by atoms with Gasteiger partial charge in [-0.25, -0.2) is 0 Å². The Balaban J connectivity index is 2.07. The van der Waals surface area contributed by atoms with E-state index in [1.165, 1.54) is 4.90 Å². The molecule has 2 fully saturated rings. The maximum atomic E-state index is 12.5. The molecule has 2 N–H and O–H groups in total. The van der Waals surface area contributed by atoms with E-state index in [0.29, 0.717) is 19.0 Å². The van der Waals surface area contributed by atoms with Crippen LogP contribution in [0.2, 0.25) is 0 Å². The van der Waals surface area contributed by atoms with Crippen molar-refractivity contribution in [1.29, 1.82) is 0 Å². The lowest BCUT2D eigenvalue weighted by Gasteiger charge is -2.37. The highest BCUT2D eigenvalue weighted by Gasteiger charge is 2.38. The van der Waals surface area contributed by atoms with E-state index in [4.69, 9.17) is 0 Å². The van der Waals surface area contributed by atoms with Crippen LogP contribution in [0.15, 0.2) is 0 Å². The number of rotatable bonds is 2. The van der Waals surface area contributed by atoms with Gasteiger partial charge in [0.1, 0.15) is 12.6 Å². The fourth-order valence-electron chi connectivity index (χ4n) is 2.75. The van der Waals surface area contributed by atoms with Crippen molar-refractivity contribution in [2.24, 2.45) is 5.92 Å². The molecule has 6 heteroatoms. The summed E-state index contributed by atoms with van der Waals surface area (Å²) < 4.78 is 0. The molecule has 2 heterocycles. The van der Waals surface area contributed by atoms with Crippen LogP contribution in [0.3, 0.4) is 0 Å². The van der Waals surface area contributed by atoms with Crippen molar-refractivity contribution in [2.75, 3.05) is 13.1 Å². The lowest BCUT2D eigenvalue weighted by Crippen LogP contribution is -2.61. The zero-order valence-corrected chi connectivity index (χ0v) is 11.4. The highest BCUT2D eigenvalue weighted by Crippen LogP contribution is 2.20. The average Bonchev–Trinajstić information content (AvgIpc) is 2.38. The van der Waals surface area contributed by atoms with Gasteiger partial charge in [0.15, 0.2) is 0 Å². The van der Waals surface area contributed by atoms with E-state index >= 15 is 0 Å². The zero-order chi connectivity index (χ0) is 14.0. The third-order valence-corrected chi connectivity index (χ3v) is 3.94. The SMILES string of the molecule is CCC1C(=O)NC(=O)CN1C(=O)C1CCC(C)NC1. The summed E-state index contributed by atoms with van der Waals surface area (Å²) in [6.07, 6.45) is 2.29. The normalized spacial score (nSPS) is 32.1. The summed E-state index contributed by atoms with van der Waals surface area (Å²) in [5.41, 5.74) is 0. The Morgan fingerprint density at radius 1 is 1.37 bits per heavy atom. The van der Waals surface area contributed by atoms with Gasteiger partial charge in [0.05, 0.1) is 5.92 Å². The van der Waals surface area contributed by atoms with Crippen LogP contribution in [0.4, 0.5) is 0 Å². The Bertz CT molecular complexity index is 389. The molecule has 2 aliphatic rings. The quantitative estimate of drug-likeness (QED) is 0.670.